The molecule has 0 radical (unpaired) electrons. The van der Waals surface area contributed by atoms with Crippen molar-refractivity contribution in [2.75, 3.05) is 19.6 Å². The number of hydrogen-bond acceptors (Lipinski definition) is 4. The number of carbonyl (C=O) groups excluding carboxylic acids is 1. The Morgan fingerprint density at radius 1 is 0.968 bits per heavy atom. The fourth-order valence-corrected chi connectivity index (χ4v) is 6.05. The van der Waals surface area contributed by atoms with Crippen molar-refractivity contribution >= 4 is 15.9 Å². The summed E-state index contributed by atoms with van der Waals surface area (Å²) in [4.78, 5) is 15.3. The van der Waals surface area contributed by atoms with Gasteiger partial charge in [0.05, 0.1) is 4.90 Å². The highest BCUT2D eigenvalue weighted by Crippen LogP contribution is 2.26. The molecule has 0 saturated carbocycles. The van der Waals surface area contributed by atoms with Crippen LogP contribution in [0.25, 0.3) is 0 Å². The maximum Gasteiger partial charge on any atom is 0.243 e. The first kappa shape index (κ1) is 21.9. The third-order valence-corrected chi connectivity index (χ3v) is 8.01. The highest BCUT2D eigenvalue weighted by atomic mass is 32.2. The van der Waals surface area contributed by atoms with Gasteiger partial charge in [0.2, 0.25) is 15.9 Å². The lowest BCUT2D eigenvalue weighted by molar-refractivity contribution is -0.124. The molecular formula is C23H28FN3O3S. The number of carbonyl (C=O) groups is 1. The highest BCUT2D eigenvalue weighted by Gasteiger charge is 2.39. The molecule has 0 unspecified atom stereocenters. The van der Waals surface area contributed by atoms with Crippen LogP contribution in [0.3, 0.4) is 0 Å². The standard InChI is InChI=1S/C23H28FN3O3S/c24-20-9-11-21(12-10-20)31(29,30)27-15-5-8-22(27)23(28)25-16-18-6-1-2-7-19(18)17-26-13-3-4-14-26/h1-2,6-7,9-12,22H,3-5,8,13-17H2,(H,25,28)/t22-/m0/s1. The molecule has 31 heavy (non-hydrogen) atoms. The molecule has 0 aromatic heterocycles. The molecule has 2 saturated heterocycles. The first-order valence-electron chi connectivity index (χ1n) is 10.8. The van der Waals surface area contributed by atoms with Crippen LogP contribution in [0.15, 0.2) is 53.4 Å². The van der Waals surface area contributed by atoms with Gasteiger partial charge >= 0.3 is 0 Å². The van der Waals surface area contributed by atoms with Crippen molar-refractivity contribution in [2.45, 2.75) is 49.7 Å². The second kappa shape index (κ2) is 9.46. The average Bonchev–Trinajstić information content (AvgIpc) is 3.46. The summed E-state index contributed by atoms with van der Waals surface area (Å²) in [5.41, 5.74) is 2.24. The number of amides is 1. The lowest BCUT2D eigenvalue weighted by atomic mass is 10.1. The van der Waals surface area contributed by atoms with Crippen molar-refractivity contribution in [2.24, 2.45) is 0 Å². The lowest BCUT2D eigenvalue weighted by Crippen LogP contribution is -2.45. The van der Waals surface area contributed by atoms with Crippen LogP contribution >= 0.6 is 0 Å². The second-order valence-electron chi connectivity index (χ2n) is 8.20. The summed E-state index contributed by atoms with van der Waals surface area (Å²) < 4.78 is 40.4. The largest absolute Gasteiger partial charge is 0.351 e. The van der Waals surface area contributed by atoms with E-state index in [0.717, 1.165) is 37.3 Å². The normalized spacial score (nSPS) is 20.2. The molecule has 2 aliphatic rings. The molecule has 1 atom stereocenters. The number of rotatable bonds is 7. The topological polar surface area (TPSA) is 69.7 Å². The van der Waals surface area contributed by atoms with E-state index in [1.54, 1.807) is 0 Å². The van der Waals surface area contributed by atoms with E-state index in [0.29, 0.717) is 19.4 Å². The second-order valence-corrected chi connectivity index (χ2v) is 10.1. The summed E-state index contributed by atoms with van der Waals surface area (Å²) in [6, 6.07) is 12.0. The Morgan fingerprint density at radius 2 is 1.65 bits per heavy atom. The highest BCUT2D eigenvalue weighted by molar-refractivity contribution is 7.89. The van der Waals surface area contributed by atoms with Crippen LogP contribution in [0.1, 0.15) is 36.8 Å². The van der Waals surface area contributed by atoms with E-state index in [4.69, 9.17) is 0 Å². The van der Waals surface area contributed by atoms with Crippen LogP contribution in [0.2, 0.25) is 0 Å². The van der Waals surface area contributed by atoms with Crippen molar-refractivity contribution in [3.8, 4) is 0 Å². The van der Waals surface area contributed by atoms with Gasteiger partial charge < -0.3 is 5.32 Å². The van der Waals surface area contributed by atoms with Gasteiger partial charge in [0.1, 0.15) is 11.9 Å². The summed E-state index contributed by atoms with van der Waals surface area (Å²) in [6.45, 7) is 3.70. The fourth-order valence-electron chi connectivity index (χ4n) is 4.40. The third kappa shape index (κ3) is 4.97. The third-order valence-electron chi connectivity index (χ3n) is 6.09. The van der Waals surface area contributed by atoms with Crippen LogP contribution in [0, 0.1) is 5.82 Å². The molecule has 6 nitrogen and oxygen atoms in total. The molecular weight excluding hydrogens is 417 g/mol. The van der Waals surface area contributed by atoms with E-state index in [1.807, 2.05) is 18.2 Å². The number of nitrogens with one attached hydrogen (secondary N) is 1. The van der Waals surface area contributed by atoms with E-state index in [-0.39, 0.29) is 17.3 Å². The Hall–Kier alpha value is -2.29. The summed E-state index contributed by atoms with van der Waals surface area (Å²) in [6.07, 6.45) is 3.53. The summed E-state index contributed by atoms with van der Waals surface area (Å²) in [5, 5.41) is 2.95. The quantitative estimate of drug-likeness (QED) is 0.712. The van der Waals surface area contributed by atoms with Gasteiger partial charge in [0.15, 0.2) is 0 Å². The monoisotopic (exact) mass is 445 g/mol. The zero-order chi connectivity index (χ0) is 21.8. The minimum atomic E-state index is -3.86. The molecule has 1 amide bonds. The van der Waals surface area contributed by atoms with Crippen molar-refractivity contribution in [1.29, 1.82) is 0 Å². The number of hydrogen-bond donors (Lipinski definition) is 1. The molecule has 2 aromatic carbocycles. The molecule has 0 spiro atoms. The molecule has 2 aliphatic heterocycles. The van der Waals surface area contributed by atoms with Gasteiger partial charge in [-0.15, -0.1) is 0 Å². The predicted octanol–water partition coefficient (Wildman–Crippen LogP) is 2.89. The Kier molecular flexibility index (Phi) is 6.69. The molecule has 2 heterocycles. The van der Waals surface area contributed by atoms with Gasteiger partial charge in [-0.2, -0.15) is 4.31 Å². The van der Waals surface area contributed by atoms with Crippen LogP contribution < -0.4 is 5.32 Å². The molecule has 4 rings (SSSR count). The van der Waals surface area contributed by atoms with Crippen molar-refractivity contribution in [3.05, 3.63) is 65.5 Å². The van der Waals surface area contributed by atoms with Gasteiger partial charge in [-0.3, -0.25) is 9.69 Å². The summed E-state index contributed by atoms with van der Waals surface area (Å²) in [5.74, 6) is -0.790. The number of likely N-dealkylation sites (tertiary alicyclic amines) is 1. The van der Waals surface area contributed by atoms with Gasteiger partial charge in [-0.1, -0.05) is 24.3 Å². The summed E-state index contributed by atoms with van der Waals surface area (Å²) >= 11 is 0. The number of benzene rings is 2. The first-order chi connectivity index (χ1) is 14.9. The molecule has 8 heteroatoms. The minimum Gasteiger partial charge on any atom is -0.351 e. The minimum absolute atomic E-state index is 0.00422. The Balaban J connectivity index is 1.43. The van der Waals surface area contributed by atoms with Crippen LogP contribution in [0.4, 0.5) is 4.39 Å². The van der Waals surface area contributed by atoms with E-state index >= 15 is 0 Å². The van der Waals surface area contributed by atoms with E-state index in [9.17, 15) is 17.6 Å². The van der Waals surface area contributed by atoms with Crippen molar-refractivity contribution in [3.63, 3.8) is 0 Å². The lowest BCUT2D eigenvalue weighted by Gasteiger charge is -2.24. The molecule has 2 aromatic rings. The zero-order valence-electron chi connectivity index (χ0n) is 17.5. The molecule has 2 fully saturated rings. The molecule has 1 N–H and O–H groups in total. The average molecular weight is 446 g/mol. The molecule has 166 valence electrons. The van der Waals surface area contributed by atoms with Gasteiger partial charge in [0, 0.05) is 19.6 Å². The van der Waals surface area contributed by atoms with E-state index in [1.165, 1.54) is 34.8 Å². The number of nitrogens with zero attached hydrogens (tertiary/aromatic N) is 2. The zero-order valence-corrected chi connectivity index (χ0v) is 18.3. The molecule has 0 aliphatic carbocycles. The Morgan fingerprint density at radius 3 is 2.35 bits per heavy atom. The number of sulfonamides is 1. The van der Waals surface area contributed by atoms with Gasteiger partial charge in [-0.05, 0) is 74.2 Å². The van der Waals surface area contributed by atoms with E-state index < -0.39 is 21.9 Å². The van der Waals surface area contributed by atoms with E-state index in [2.05, 4.69) is 16.3 Å². The predicted molar refractivity (Wildman–Crippen MR) is 116 cm³/mol. The van der Waals surface area contributed by atoms with Crippen LogP contribution in [-0.4, -0.2) is 49.2 Å². The first-order valence-corrected chi connectivity index (χ1v) is 12.2. The fraction of sp³-hybridized carbons (Fsp3) is 0.435. The Labute approximate surface area is 183 Å². The van der Waals surface area contributed by atoms with Crippen LogP contribution in [0.5, 0.6) is 0 Å². The maximum atomic E-state index is 13.2. The van der Waals surface area contributed by atoms with Crippen LogP contribution in [-0.2, 0) is 27.9 Å². The maximum absolute atomic E-state index is 13.2. The number of halogens is 1. The van der Waals surface area contributed by atoms with Gasteiger partial charge in [-0.25, -0.2) is 12.8 Å². The van der Waals surface area contributed by atoms with Gasteiger partial charge in [0.25, 0.3) is 0 Å². The summed E-state index contributed by atoms with van der Waals surface area (Å²) in [7, 11) is -3.86. The smallest absolute Gasteiger partial charge is 0.243 e. The van der Waals surface area contributed by atoms with Crippen molar-refractivity contribution in [1.82, 2.24) is 14.5 Å². The SMILES string of the molecule is O=C(NCc1ccccc1CN1CCCC1)[C@@H]1CCCN1S(=O)(=O)c1ccc(F)cc1. The van der Waals surface area contributed by atoms with Crippen molar-refractivity contribution < 1.29 is 17.6 Å². The Bertz CT molecular complexity index is 1020. The molecule has 0 bridgehead atoms.